The van der Waals surface area contributed by atoms with Crippen LogP contribution in [0.3, 0.4) is 0 Å². The highest BCUT2D eigenvalue weighted by atomic mass is 16.5. The Morgan fingerprint density at radius 1 is 0.889 bits per heavy atom. The number of hydrogen-bond donors (Lipinski definition) is 1. The van der Waals surface area contributed by atoms with E-state index in [1.807, 2.05) is 72.5 Å². The van der Waals surface area contributed by atoms with E-state index < -0.39 is 0 Å². The summed E-state index contributed by atoms with van der Waals surface area (Å²) in [7, 11) is 1.63. The van der Waals surface area contributed by atoms with E-state index in [9.17, 15) is 4.79 Å². The molecular formula is C27H28N6O3. The van der Waals surface area contributed by atoms with Gasteiger partial charge in [0.25, 0.3) is 5.91 Å². The summed E-state index contributed by atoms with van der Waals surface area (Å²) < 4.78 is 10.8. The number of nitrogens with zero attached hydrogens (tertiary/aromatic N) is 5. The van der Waals surface area contributed by atoms with Crippen LogP contribution in [0.5, 0.6) is 11.5 Å². The number of H-pyrrole nitrogens is 1. The lowest BCUT2D eigenvalue weighted by molar-refractivity contribution is 0.0740. The Bertz CT molecular complexity index is 1310. The molecule has 5 rings (SSSR count). The quantitative estimate of drug-likeness (QED) is 0.425. The van der Waals surface area contributed by atoms with E-state index in [0.717, 1.165) is 34.1 Å². The van der Waals surface area contributed by atoms with Crippen LogP contribution >= 0.6 is 0 Å². The van der Waals surface area contributed by atoms with Gasteiger partial charge in [-0.15, -0.1) is 10.2 Å². The highest BCUT2D eigenvalue weighted by Gasteiger charge is 2.24. The van der Waals surface area contributed by atoms with Crippen molar-refractivity contribution in [3.63, 3.8) is 0 Å². The number of benzene rings is 2. The second-order valence-electron chi connectivity index (χ2n) is 8.41. The average Bonchev–Trinajstić information content (AvgIpc) is 3.44. The minimum Gasteiger partial charge on any atom is -0.497 e. The largest absolute Gasteiger partial charge is 0.497 e. The highest BCUT2D eigenvalue weighted by Crippen LogP contribution is 2.24. The molecule has 9 heteroatoms. The number of carbonyl (C=O) groups is 1. The first-order valence-corrected chi connectivity index (χ1v) is 12.0. The van der Waals surface area contributed by atoms with Crippen molar-refractivity contribution in [3.05, 3.63) is 72.4 Å². The molecule has 2 aromatic carbocycles. The molecule has 0 radical (unpaired) electrons. The second-order valence-corrected chi connectivity index (χ2v) is 8.41. The van der Waals surface area contributed by atoms with Crippen LogP contribution in [-0.4, -0.2) is 71.1 Å². The van der Waals surface area contributed by atoms with E-state index in [4.69, 9.17) is 9.47 Å². The van der Waals surface area contributed by atoms with Crippen molar-refractivity contribution in [1.29, 1.82) is 0 Å². The molecule has 1 aliphatic rings. The number of carbonyl (C=O) groups excluding carboxylic acids is 1. The topological polar surface area (TPSA) is 96.5 Å². The summed E-state index contributed by atoms with van der Waals surface area (Å²) in [6, 6.07) is 21.2. The number of nitrogens with one attached hydrogen (secondary N) is 1. The third-order valence-electron chi connectivity index (χ3n) is 6.18. The first kappa shape index (κ1) is 23.3. The molecule has 0 aliphatic carbocycles. The second kappa shape index (κ2) is 10.5. The highest BCUT2D eigenvalue weighted by molar-refractivity contribution is 5.93. The van der Waals surface area contributed by atoms with Gasteiger partial charge in [0.15, 0.2) is 5.82 Å². The Hall–Kier alpha value is -4.40. The molecule has 1 aliphatic heterocycles. The summed E-state index contributed by atoms with van der Waals surface area (Å²) >= 11 is 0. The predicted molar refractivity (Wildman–Crippen MR) is 137 cm³/mol. The fourth-order valence-corrected chi connectivity index (χ4v) is 4.21. The zero-order chi connectivity index (χ0) is 24.9. The lowest BCUT2D eigenvalue weighted by Gasteiger charge is -2.34. The number of amides is 1. The molecule has 2 aromatic heterocycles. The molecule has 1 saturated heterocycles. The molecule has 4 aromatic rings. The summed E-state index contributed by atoms with van der Waals surface area (Å²) in [4.78, 5) is 17.0. The van der Waals surface area contributed by atoms with Gasteiger partial charge in [-0.1, -0.05) is 12.1 Å². The van der Waals surface area contributed by atoms with Gasteiger partial charge >= 0.3 is 0 Å². The Balaban J connectivity index is 1.19. The minimum absolute atomic E-state index is 0.0618. The Labute approximate surface area is 209 Å². The van der Waals surface area contributed by atoms with Gasteiger partial charge in [-0.2, -0.15) is 5.10 Å². The van der Waals surface area contributed by atoms with Crippen molar-refractivity contribution < 1.29 is 14.3 Å². The maximum Gasteiger partial charge on any atom is 0.272 e. The zero-order valence-corrected chi connectivity index (χ0v) is 20.3. The number of hydrogen-bond acceptors (Lipinski definition) is 7. The fraction of sp³-hybridized carbons (Fsp3) is 0.259. The molecule has 36 heavy (non-hydrogen) atoms. The molecule has 0 bridgehead atoms. The third kappa shape index (κ3) is 5.00. The van der Waals surface area contributed by atoms with E-state index in [1.54, 1.807) is 13.2 Å². The monoisotopic (exact) mass is 484 g/mol. The van der Waals surface area contributed by atoms with Crippen LogP contribution < -0.4 is 14.4 Å². The van der Waals surface area contributed by atoms with Gasteiger partial charge in [-0.05, 0) is 61.5 Å². The predicted octanol–water partition coefficient (Wildman–Crippen LogP) is 3.90. The van der Waals surface area contributed by atoms with E-state index in [0.29, 0.717) is 44.2 Å². The smallest absolute Gasteiger partial charge is 0.272 e. The van der Waals surface area contributed by atoms with E-state index in [2.05, 4.69) is 25.3 Å². The summed E-state index contributed by atoms with van der Waals surface area (Å²) in [5, 5.41) is 16.1. The number of piperazine rings is 1. The molecule has 1 fully saturated rings. The van der Waals surface area contributed by atoms with Crippen LogP contribution in [0.2, 0.25) is 0 Å². The van der Waals surface area contributed by atoms with E-state index >= 15 is 0 Å². The number of aromatic amines is 1. The maximum atomic E-state index is 13.1. The van der Waals surface area contributed by atoms with Crippen LogP contribution in [-0.2, 0) is 0 Å². The van der Waals surface area contributed by atoms with E-state index in [1.165, 1.54) is 0 Å². The van der Waals surface area contributed by atoms with Gasteiger partial charge in [-0.3, -0.25) is 9.89 Å². The van der Waals surface area contributed by atoms with E-state index in [-0.39, 0.29) is 5.91 Å². The molecule has 0 saturated carbocycles. The standard InChI is InChI=1S/C27H28N6O3/c1-3-36-21-9-7-19(8-10-21)23-11-12-26(31-28-23)32-13-15-33(16-14-32)27(34)25-18-24(29-30-25)20-5-4-6-22(17-20)35-2/h4-12,17-18H,3,13-16H2,1-2H3,(H,29,30). The number of rotatable bonds is 7. The summed E-state index contributed by atoms with van der Waals surface area (Å²) in [6.45, 7) is 5.15. The molecular weight excluding hydrogens is 456 g/mol. The number of methoxy groups -OCH3 is 1. The van der Waals surface area contributed by atoms with Gasteiger partial charge in [0, 0.05) is 37.3 Å². The van der Waals surface area contributed by atoms with Gasteiger partial charge in [0.2, 0.25) is 0 Å². The maximum absolute atomic E-state index is 13.1. The van der Waals surface area contributed by atoms with Crippen LogP contribution in [0.1, 0.15) is 17.4 Å². The fourth-order valence-electron chi connectivity index (χ4n) is 4.21. The molecule has 0 unspecified atom stereocenters. The van der Waals surface area contributed by atoms with Crippen LogP contribution in [0.15, 0.2) is 66.7 Å². The van der Waals surface area contributed by atoms with Crippen molar-refractivity contribution in [1.82, 2.24) is 25.3 Å². The summed E-state index contributed by atoms with van der Waals surface area (Å²) in [6.07, 6.45) is 0. The SMILES string of the molecule is CCOc1ccc(-c2ccc(N3CCN(C(=O)c4cc(-c5cccc(OC)c5)n[nH]4)CC3)nn2)cc1. The first-order valence-electron chi connectivity index (χ1n) is 12.0. The van der Waals surface area contributed by atoms with Gasteiger partial charge in [0.1, 0.15) is 17.2 Å². The molecule has 0 atom stereocenters. The van der Waals surface area contributed by atoms with Crippen LogP contribution in [0.4, 0.5) is 5.82 Å². The first-order chi connectivity index (χ1) is 17.6. The Morgan fingerprint density at radius 3 is 2.39 bits per heavy atom. The molecule has 1 N–H and O–H groups in total. The van der Waals surface area contributed by atoms with Gasteiger partial charge < -0.3 is 19.3 Å². The molecule has 1 amide bonds. The Kier molecular flexibility index (Phi) is 6.79. The number of ether oxygens (including phenoxy) is 2. The van der Waals surface area contributed by atoms with Crippen LogP contribution in [0.25, 0.3) is 22.5 Å². The Morgan fingerprint density at radius 2 is 1.69 bits per heavy atom. The molecule has 3 heterocycles. The number of aromatic nitrogens is 4. The zero-order valence-electron chi connectivity index (χ0n) is 20.3. The summed E-state index contributed by atoms with van der Waals surface area (Å²) in [5.74, 6) is 2.33. The van der Waals surface area contributed by atoms with Gasteiger partial charge in [0.05, 0.1) is 25.1 Å². The van der Waals surface area contributed by atoms with Gasteiger partial charge in [-0.25, -0.2) is 0 Å². The molecule has 9 nitrogen and oxygen atoms in total. The lowest BCUT2D eigenvalue weighted by atomic mass is 10.1. The minimum atomic E-state index is -0.0618. The van der Waals surface area contributed by atoms with Crippen LogP contribution in [0, 0.1) is 0 Å². The lowest BCUT2D eigenvalue weighted by Crippen LogP contribution is -2.49. The van der Waals surface area contributed by atoms with Crippen molar-refractivity contribution in [3.8, 4) is 34.0 Å². The third-order valence-corrected chi connectivity index (χ3v) is 6.18. The average molecular weight is 485 g/mol. The van der Waals surface area contributed by atoms with Crippen molar-refractivity contribution in [2.75, 3.05) is 44.8 Å². The molecule has 184 valence electrons. The van der Waals surface area contributed by atoms with Crippen molar-refractivity contribution >= 4 is 11.7 Å². The number of anilines is 1. The normalized spacial score (nSPS) is 13.5. The van der Waals surface area contributed by atoms with Crippen molar-refractivity contribution in [2.45, 2.75) is 6.92 Å². The van der Waals surface area contributed by atoms with Crippen molar-refractivity contribution in [2.24, 2.45) is 0 Å². The summed E-state index contributed by atoms with van der Waals surface area (Å²) in [5.41, 5.74) is 3.86. The molecule has 0 spiro atoms.